The Hall–Kier alpha value is -3.31. The number of carbonyl (C=O) groups excluding carboxylic acids is 3. The number of benzene rings is 2. The number of nitrogens with zero attached hydrogens (tertiary/aromatic N) is 1. The number of rotatable bonds is 5. The number of urea groups is 1. The van der Waals surface area contributed by atoms with Crippen molar-refractivity contribution in [3.05, 3.63) is 59.7 Å². The van der Waals surface area contributed by atoms with Crippen LogP contribution < -0.4 is 11.1 Å². The highest BCUT2D eigenvalue weighted by atomic mass is 32.2. The Bertz CT molecular complexity index is 892. The van der Waals surface area contributed by atoms with Crippen LogP contribution in [0, 0.1) is 11.3 Å². The highest BCUT2D eigenvalue weighted by molar-refractivity contribution is 7.99. The van der Waals surface area contributed by atoms with Gasteiger partial charge >= 0.3 is 12.0 Å². The summed E-state index contributed by atoms with van der Waals surface area (Å²) in [5.74, 6) is -1.54. The summed E-state index contributed by atoms with van der Waals surface area (Å²) in [6, 6.07) is 14.7. The zero-order valence-electron chi connectivity index (χ0n) is 13.8. The lowest BCUT2D eigenvalue weighted by molar-refractivity contribution is -0.127. The second-order valence-corrected chi connectivity index (χ2v) is 6.19. The van der Waals surface area contributed by atoms with Gasteiger partial charge in [-0.3, -0.25) is 10.1 Å². The average Bonchev–Trinajstić information content (AvgIpc) is 2.62. The summed E-state index contributed by atoms with van der Waals surface area (Å²) in [6.07, 6.45) is -1.19. The first-order chi connectivity index (χ1) is 12.4. The molecule has 3 N–H and O–H groups in total. The normalized spacial score (nSPS) is 11.1. The molecule has 1 atom stereocenters. The molecule has 0 aromatic heterocycles. The van der Waals surface area contributed by atoms with Gasteiger partial charge in [0.05, 0.1) is 11.1 Å². The quantitative estimate of drug-likeness (QED) is 0.781. The molecule has 0 aliphatic heterocycles. The van der Waals surface area contributed by atoms with E-state index in [9.17, 15) is 19.6 Å². The lowest BCUT2D eigenvalue weighted by Crippen LogP contribution is -2.42. The molecule has 0 aliphatic rings. The molecule has 132 valence electrons. The van der Waals surface area contributed by atoms with Gasteiger partial charge in [0.2, 0.25) is 0 Å². The summed E-state index contributed by atoms with van der Waals surface area (Å²) in [4.78, 5) is 36.0. The second-order valence-electron chi connectivity index (χ2n) is 5.11. The van der Waals surface area contributed by atoms with E-state index in [1.807, 2.05) is 5.32 Å². The van der Waals surface area contributed by atoms with Crippen molar-refractivity contribution >= 4 is 29.7 Å². The van der Waals surface area contributed by atoms with Crippen molar-refractivity contribution < 1.29 is 19.1 Å². The topological polar surface area (TPSA) is 122 Å². The van der Waals surface area contributed by atoms with Crippen LogP contribution in [-0.2, 0) is 9.53 Å². The van der Waals surface area contributed by atoms with Crippen molar-refractivity contribution in [3.8, 4) is 6.07 Å². The molecule has 2 rings (SSSR count). The molecule has 0 heterocycles. The lowest BCUT2D eigenvalue weighted by atomic mass is 10.2. The zero-order chi connectivity index (χ0) is 19.1. The van der Waals surface area contributed by atoms with Crippen LogP contribution in [0.4, 0.5) is 4.79 Å². The molecule has 0 aliphatic carbocycles. The van der Waals surface area contributed by atoms with E-state index in [-0.39, 0.29) is 5.56 Å². The molecule has 0 unspecified atom stereocenters. The molecular formula is C18H15N3O4S. The van der Waals surface area contributed by atoms with Gasteiger partial charge in [0, 0.05) is 9.79 Å². The van der Waals surface area contributed by atoms with E-state index in [1.54, 1.807) is 48.5 Å². The molecule has 8 heteroatoms. The van der Waals surface area contributed by atoms with E-state index in [0.717, 1.165) is 0 Å². The number of amides is 3. The maximum absolute atomic E-state index is 12.4. The monoisotopic (exact) mass is 369 g/mol. The Kier molecular flexibility index (Phi) is 6.36. The molecule has 2 aromatic rings. The minimum absolute atomic E-state index is 0.240. The number of hydrogen-bond donors (Lipinski definition) is 2. The van der Waals surface area contributed by atoms with Crippen molar-refractivity contribution in [1.29, 1.82) is 5.26 Å². The van der Waals surface area contributed by atoms with E-state index in [4.69, 9.17) is 10.5 Å². The molecule has 0 radical (unpaired) electrons. The van der Waals surface area contributed by atoms with Crippen LogP contribution >= 0.6 is 11.8 Å². The number of nitrogens with one attached hydrogen (secondary N) is 1. The predicted molar refractivity (Wildman–Crippen MR) is 94.3 cm³/mol. The Morgan fingerprint density at radius 3 is 2.38 bits per heavy atom. The fourth-order valence-corrected chi connectivity index (χ4v) is 3.01. The molecule has 0 saturated carbocycles. The number of primary amides is 1. The van der Waals surface area contributed by atoms with Gasteiger partial charge in [-0.05, 0) is 31.2 Å². The molecule has 0 saturated heterocycles. The Morgan fingerprint density at radius 2 is 1.73 bits per heavy atom. The van der Waals surface area contributed by atoms with Crippen LogP contribution in [0.2, 0.25) is 0 Å². The van der Waals surface area contributed by atoms with Gasteiger partial charge < -0.3 is 10.5 Å². The van der Waals surface area contributed by atoms with E-state index in [1.165, 1.54) is 18.7 Å². The Morgan fingerprint density at radius 1 is 1.12 bits per heavy atom. The minimum Gasteiger partial charge on any atom is -0.449 e. The number of carbonyl (C=O) groups is 3. The summed E-state index contributed by atoms with van der Waals surface area (Å²) in [6.45, 7) is 1.33. The number of imide groups is 1. The SMILES string of the molecule is C[C@@H](OC(=O)c1ccccc1Sc1ccccc1C#N)C(=O)NC(N)=O. The van der Waals surface area contributed by atoms with E-state index >= 15 is 0 Å². The minimum atomic E-state index is -1.19. The van der Waals surface area contributed by atoms with Crippen molar-refractivity contribution in [2.75, 3.05) is 0 Å². The highest BCUT2D eigenvalue weighted by Crippen LogP contribution is 2.32. The second kappa shape index (κ2) is 8.69. The van der Waals surface area contributed by atoms with Crippen LogP contribution in [0.25, 0.3) is 0 Å². The van der Waals surface area contributed by atoms with Gasteiger partial charge in [0.15, 0.2) is 6.10 Å². The third-order valence-electron chi connectivity index (χ3n) is 3.23. The maximum atomic E-state index is 12.4. The number of esters is 1. The molecule has 3 amide bonds. The average molecular weight is 369 g/mol. The van der Waals surface area contributed by atoms with Crippen LogP contribution in [0.5, 0.6) is 0 Å². The fraction of sp³-hybridized carbons (Fsp3) is 0.111. The van der Waals surface area contributed by atoms with Gasteiger partial charge in [-0.15, -0.1) is 0 Å². The standard InChI is InChI=1S/C18H15N3O4S/c1-11(16(22)21-18(20)24)25-17(23)13-7-3-5-9-15(13)26-14-8-4-2-6-12(14)10-19/h2-9,11H,1H3,(H3,20,21,22,24)/t11-/m1/s1. The van der Waals surface area contributed by atoms with Crippen LogP contribution in [0.3, 0.4) is 0 Å². The van der Waals surface area contributed by atoms with Crippen LogP contribution in [-0.4, -0.2) is 24.0 Å². The molecule has 2 aromatic carbocycles. The number of hydrogen-bond acceptors (Lipinski definition) is 6. The number of nitriles is 1. The Labute approximate surface area is 154 Å². The summed E-state index contributed by atoms with van der Waals surface area (Å²) in [7, 11) is 0. The number of nitrogens with two attached hydrogens (primary N) is 1. The van der Waals surface area contributed by atoms with E-state index in [0.29, 0.717) is 15.4 Å². The Balaban J connectivity index is 2.20. The predicted octanol–water partition coefficient (Wildman–Crippen LogP) is 2.45. The lowest BCUT2D eigenvalue weighted by Gasteiger charge is -2.14. The smallest absolute Gasteiger partial charge is 0.340 e. The third kappa shape index (κ3) is 4.84. The summed E-state index contributed by atoms with van der Waals surface area (Å²) in [5.41, 5.74) is 5.59. The van der Waals surface area contributed by atoms with Gasteiger partial charge in [-0.1, -0.05) is 36.0 Å². The fourth-order valence-electron chi connectivity index (χ4n) is 1.99. The molecule has 0 bridgehead atoms. The first kappa shape index (κ1) is 19.0. The van der Waals surface area contributed by atoms with Gasteiger partial charge in [-0.2, -0.15) is 5.26 Å². The van der Waals surface area contributed by atoms with Crippen molar-refractivity contribution in [2.24, 2.45) is 5.73 Å². The van der Waals surface area contributed by atoms with Gasteiger partial charge in [-0.25, -0.2) is 9.59 Å². The highest BCUT2D eigenvalue weighted by Gasteiger charge is 2.22. The van der Waals surface area contributed by atoms with E-state index < -0.39 is 24.0 Å². The molecular weight excluding hydrogens is 354 g/mol. The van der Waals surface area contributed by atoms with Crippen molar-refractivity contribution in [2.45, 2.75) is 22.8 Å². The first-order valence-electron chi connectivity index (χ1n) is 7.49. The third-order valence-corrected chi connectivity index (χ3v) is 4.39. The zero-order valence-corrected chi connectivity index (χ0v) is 14.6. The van der Waals surface area contributed by atoms with Crippen molar-refractivity contribution in [1.82, 2.24) is 5.32 Å². The van der Waals surface area contributed by atoms with Crippen molar-refractivity contribution in [3.63, 3.8) is 0 Å². The maximum Gasteiger partial charge on any atom is 0.340 e. The summed E-state index contributed by atoms with van der Waals surface area (Å²) in [5, 5.41) is 11.0. The van der Waals surface area contributed by atoms with Gasteiger partial charge in [0.1, 0.15) is 6.07 Å². The van der Waals surface area contributed by atoms with Crippen LogP contribution in [0.15, 0.2) is 58.3 Å². The first-order valence-corrected chi connectivity index (χ1v) is 8.31. The van der Waals surface area contributed by atoms with Gasteiger partial charge in [0.25, 0.3) is 5.91 Å². The molecule has 7 nitrogen and oxygen atoms in total. The largest absolute Gasteiger partial charge is 0.449 e. The molecule has 26 heavy (non-hydrogen) atoms. The van der Waals surface area contributed by atoms with Crippen LogP contribution in [0.1, 0.15) is 22.8 Å². The van der Waals surface area contributed by atoms with E-state index in [2.05, 4.69) is 6.07 Å². The summed E-state index contributed by atoms with van der Waals surface area (Å²) >= 11 is 1.24. The summed E-state index contributed by atoms with van der Waals surface area (Å²) < 4.78 is 5.10. The molecule has 0 spiro atoms. The molecule has 0 fully saturated rings. The number of ether oxygens (including phenoxy) is 1.